The fraction of sp³-hybridized carbons (Fsp3) is 0.453. The first-order valence-corrected chi connectivity index (χ1v) is 31.0. The molecule has 1 atom stereocenters. The molecule has 19 nitrogen and oxygen atoms in total. The number of allylic oxidation sites excluding steroid dienone is 7. The largest absolute Gasteiger partial charge is 0.480 e. The normalized spacial score (nSPS) is 18.2. The Labute approximate surface area is 446 Å². The molecule has 414 valence electrons. The number of rotatable bonds is 24. The van der Waals surface area contributed by atoms with E-state index in [0.717, 1.165) is 11.1 Å². The van der Waals surface area contributed by atoms with E-state index in [9.17, 15) is 66.6 Å². The molecule has 0 saturated carbocycles. The molecule has 23 heteroatoms. The number of carboxylic acids is 1. The van der Waals surface area contributed by atoms with E-state index in [-0.39, 0.29) is 60.4 Å². The highest BCUT2D eigenvalue weighted by Gasteiger charge is 2.45. The predicted octanol–water partition coefficient (Wildman–Crippen LogP) is 8.12. The van der Waals surface area contributed by atoms with Crippen molar-refractivity contribution in [1.82, 2.24) is 5.32 Å². The molecule has 76 heavy (non-hydrogen) atoms. The van der Waals surface area contributed by atoms with Gasteiger partial charge in [0.05, 0.1) is 26.7 Å². The van der Waals surface area contributed by atoms with Crippen LogP contribution in [0.2, 0.25) is 0 Å². The maximum Gasteiger partial charge on any atom is 0.326 e. The average molecular weight is 1130 g/mol. The number of carbonyl (C=O) groups excluding carboxylic acids is 1. The van der Waals surface area contributed by atoms with E-state index in [1.807, 2.05) is 75.3 Å². The first-order valence-electron chi connectivity index (χ1n) is 24.9. The molecule has 2 aliphatic heterocycles. The number of hydrogen-bond acceptors (Lipinski definition) is 12. The summed E-state index contributed by atoms with van der Waals surface area (Å²) in [5.41, 5.74) is 4.24. The number of benzene rings is 3. The SMILES string of the molecule is CC(C)CCC(=O)N[C@H](Cc1ccc(OC2=C(/C=C/C3=[N+](CCCCS(=O)(=O)O)c4ccc(S(=O)(=O)O)cc4C3(C)C)CCC/C2=C\C=C2\N(CCCCS(=O)(=O)O)c3ccc(S(=O)(=O)O)cc3C2(C)C)cc1)C(=O)O. The van der Waals surface area contributed by atoms with Gasteiger partial charge >= 0.3 is 5.97 Å². The first-order chi connectivity index (χ1) is 35.3. The summed E-state index contributed by atoms with van der Waals surface area (Å²) >= 11 is 0. The zero-order valence-corrected chi connectivity index (χ0v) is 46.7. The number of ether oxygens (including phenoxy) is 1. The van der Waals surface area contributed by atoms with Gasteiger partial charge in [0.25, 0.3) is 40.5 Å². The van der Waals surface area contributed by atoms with Crippen LogP contribution in [-0.2, 0) is 67.3 Å². The highest BCUT2D eigenvalue weighted by Crippen LogP contribution is 2.49. The summed E-state index contributed by atoms with van der Waals surface area (Å²) in [4.78, 5) is 26.2. The van der Waals surface area contributed by atoms with Gasteiger partial charge in [-0.05, 0) is 142 Å². The lowest BCUT2D eigenvalue weighted by Crippen LogP contribution is -2.42. The summed E-state index contributed by atoms with van der Waals surface area (Å²) in [6, 6.07) is 14.2. The Kier molecular flexibility index (Phi) is 18.5. The Hall–Kier alpha value is -5.53. The third kappa shape index (κ3) is 15.1. The van der Waals surface area contributed by atoms with Crippen LogP contribution in [0, 0.1) is 5.92 Å². The Bertz CT molecular complexity index is 3360. The lowest BCUT2D eigenvalue weighted by atomic mass is 9.81. The number of unbranched alkanes of at least 4 members (excludes halogenated alkanes) is 2. The van der Waals surface area contributed by atoms with Crippen molar-refractivity contribution in [3.05, 3.63) is 124 Å². The molecule has 0 aromatic heterocycles. The first kappa shape index (κ1) is 59.7. The number of nitrogens with zero attached hydrogens (tertiary/aromatic N) is 2. The van der Waals surface area contributed by atoms with Gasteiger partial charge in [0.2, 0.25) is 11.6 Å². The zero-order chi connectivity index (χ0) is 56.2. The molecule has 2 heterocycles. The van der Waals surface area contributed by atoms with Crippen molar-refractivity contribution in [1.29, 1.82) is 0 Å². The zero-order valence-electron chi connectivity index (χ0n) is 43.4. The number of carbonyl (C=O) groups is 2. The highest BCUT2D eigenvalue weighted by atomic mass is 32.2. The number of aliphatic carboxylic acids is 1. The molecule has 0 spiro atoms. The lowest BCUT2D eigenvalue weighted by molar-refractivity contribution is -0.438. The van der Waals surface area contributed by atoms with Crippen molar-refractivity contribution in [2.45, 2.75) is 132 Å². The van der Waals surface area contributed by atoms with Crippen LogP contribution in [-0.4, -0.2) is 110 Å². The van der Waals surface area contributed by atoms with E-state index in [0.29, 0.717) is 89.5 Å². The summed E-state index contributed by atoms with van der Waals surface area (Å²) in [5.74, 6) is -1.34. The Morgan fingerprint density at radius 3 is 1.95 bits per heavy atom. The van der Waals surface area contributed by atoms with Crippen molar-refractivity contribution in [3.63, 3.8) is 0 Å². The van der Waals surface area contributed by atoms with Crippen LogP contribution < -0.4 is 15.0 Å². The van der Waals surface area contributed by atoms with E-state index in [1.54, 1.807) is 36.4 Å². The van der Waals surface area contributed by atoms with Crippen LogP contribution in [0.5, 0.6) is 5.75 Å². The predicted molar refractivity (Wildman–Crippen MR) is 288 cm³/mol. The van der Waals surface area contributed by atoms with Crippen LogP contribution in [0.25, 0.3) is 0 Å². The van der Waals surface area contributed by atoms with Crippen LogP contribution in [0.1, 0.15) is 116 Å². The maximum absolute atomic E-state index is 12.6. The van der Waals surface area contributed by atoms with Crippen LogP contribution >= 0.6 is 0 Å². The lowest BCUT2D eigenvalue weighted by Gasteiger charge is -2.27. The summed E-state index contributed by atoms with van der Waals surface area (Å²) in [7, 11) is -17.6. The second kappa shape index (κ2) is 23.6. The molecule has 0 unspecified atom stereocenters. The quantitative estimate of drug-likeness (QED) is 0.0280. The Balaban J connectivity index is 1.46. The molecule has 6 rings (SSSR count). The fourth-order valence-electron chi connectivity index (χ4n) is 9.86. The van der Waals surface area contributed by atoms with E-state index < -0.39 is 74.8 Å². The Morgan fingerprint density at radius 2 is 1.36 bits per heavy atom. The van der Waals surface area contributed by atoms with E-state index in [1.165, 1.54) is 24.3 Å². The molecular weight excluding hydrogens is 1060 g/mol. The fourth-order valence-corrected chi connectivity index (χ4v) is 12.0. The van der Waals surface area contributed by atoms with Gasteiger partial charge in [-0.3, -0.25) is 23.0 Å². The minimum Gasteiger partial charge on any atom is -0.480 e. The van der Waals surface area contributed by atoms with Gasteiger partial charge in [-0.15, -0.1) is 0 Å². The van der Waals surface area contributed by atoms with Crippen molar-refractivity contribution in [2.24, 2.45) is 5.92 Å². The van der Waals surface area contributed by atoms with Crippen molar-refractivity contribution in [3.8, 4) is 5.75 Å². The van der Waals surface area contributed by atoms with E-state index in [2.05, 4.69) is 5.32 Å². The summed E-state index contributed by atoms with van der Waals surface area (Å²) in [5, 5.41) is 12.6. The van der Waals surface area contributed by atoms with Crippen molar-refractivity contribution in [2.75, 3.05) is 29.5 Å². The smallest absolute Gasteiger partial charge is 0.326 e. The number of anilines is 1. The molecule has 3 aromatic rings. The molecule has 0 bridgehead atoms. The molecular formula is C53H68N3O16S4+. The van der Waals surface area contributed by atoms with Crippen LogP contribution in [0.4, 0.5) is 11.4 Å². The summed E-state index contributed by atoms with van der Waals surface area (Å²) in [6.45, 7) is 12.1. The summed E-state index contributed by atoms with van der Waals surface area (Å²) < 4.78 is 143. The number of hydrogen-bond donors (Lipinski definition) is 6. The molecule has 3 aromatic carbocycles. The van der Waals surface area contributed by atoms with Gasteiger partial charge in [-0.2, -0.15) is 38.2 Å². The van der Waals surface area contributed by atoms with Gasteiger partial charge in [-0.1, -0.05) is 45.9 Å². The van der Waals surface area contributed by atoms with Gasteiger partial charge in [-0.25, -0.2) is 4.79 Å². The minimum atomic E-state index is -4.59. The van der Waals surface area contributed by atoms with Crippen molar-refractivity contribution >= 4 is 69.4 Å². The van der Waals surface area contributed by atoms with E-state index >= 15 is 0 Å². The van der Waals surface area contributed by atoms with E-state index in [4.69, 9.17) is 4.74 Å². The molecule has 6 N–H and O–H groups in total. The van der Waals surface area contributed by atoms with Crippen LogP contribution in [0.3, 0.4) is 0 Å². The van der Waals surface area contributed by atoms with Crippen LogP contribution in [0.15, 0.2) is 117 Å². The molecule has 0 fully saturated rings. The van der Waals surface area contributed by atoms with Gasteiger partial charge in [0.15, 0.2) is 5.71 Å². The number of fused-ring (bicyclic) bond motifs is 2. The molecule has 3 aliphatic rings. The number of nitrogens with one attached hydrogen (secondary N) is 1. The van der Waals surface area contributed by atoms with Crippen molar-refractivity contribution < 1.29 is 75.9 Å². The highest BCUT2D eigenvalue weighted by molar-refractivity contribution is 7.86. The van der Waals surface area contributed by atoms with Gasteiger partial charge in [0, 0.05) is 60.3 Å². The second-order valence-corrected chi connectivity index (χ2v) is 26.8. The third-order valence-electron chi connectivity index (χ3n) is 13.9. The topological polar surface area (TPSA) is 299 Å². The minimum absolute atomic E-state index is 0.00345. The standard InChI is InChI=1S/C53H67N3O16S4/c1-35(2)14-27-49(57)54-44(51(58)59)32-36-15-19-39(20-16-36)72-50-37(17-25-47-52(3,4)42-33-40(75(66,67)68)21-23-45(42)55(47)28-7-9-30-73(60,61)62)12-11-13-38(50)18-26-48-53(5,6)43-34-41(76(69,70)71)22-24-46(43)56(48)29-8-10-31-74(63,64)65/h15-26,33-35,44H,7-14,27-32H2,1-6H3,(H5-,54,57,58,59,60,61,62,63,64,65,66,67,68,69,70,71)/p+1/t44-/m1/s1. The van der Waals surface area contributed by atoms with Gasteiger partial charge in [0.1, 0.15) is 24.1 Å². The maximum atomic E-state index is 12.6. The summed E-state index contributed by atoms with van der Waals surface area (Å²) in [6.07, 6.45) is 11.0. The number of carboxylic acid groups (broad SMARTS) is 1. The molecule has 0 radical (unpaired) electrons. The van der Waals surface area contributed by atoms with Gasteiger partial charge < -0.3 is 20.1 Å². The third-order valence-corrected chi connectivity index (χ3v) is 17.2. The molecule has 1 amide bonds. The monoisotopic (exact) mass is 1130 g/mol. The second-order valence-electron chi connectivity index (χ2n) is 20.9. The molecule has 1 aliphatic carbocycles. The average Bonchev–Trinajstić information content (AvgIpc) is 3.66. The molecule has 0 saturated heterocycles. The number of amides is 1. The Morgan fingerprint density at radius 1 is 0.750 bits per heavy atom.